The summed E-state index contributed by atoms with van der Waals surface area (Å²) in [5.41, 5.74) is 0. The summed E-state index contributed by atoms with van der Waals surface area (Å²) in [5.74, 6) is 2.62. The summed E-state index contributed by atoms with van der Waals surface area (Å²) in [6, 6.07) is 0. The minimum atomic E-state index is -2.74. The Morgan fingerprint density at radius 3 is 1.67 bits per heavy atom. The van der Waals surface area contributed by atoms with Crippen LogP contribution in [-0.4, -0.2) is 59.9 Å². The van der Waals surface area contributed by atoms with Gasteiger partial charge in [0.25, 0.3) is 0 Å². The summed E-state index contributed by atoms with van der Waals surface area (Å²) in [7, 11) is -3.97. The molecule has 1 atom stereocenters. The zero-order chi connectivity index (χ0) is 8.91. The Morgan fingerprint density at radius 1 is 1.25 bits per heavy atom. The number of rotatable bonds is 5. The molecule has 0 saturated carbocycles. The molecule has 0 aliphatic heterocycles. The minimum absolute atomic E-state index is 0. The van der Waals surface area contributed by atoms with Gasteiger partial charge in [-0.05, 0) is 17.3 Å². The predicted octanol–water partition coefficient (Wildman–Crippen LogP) is 1.25. The molecule has 12 heavy (non-hydrogen) atoms. The van der Waals surface area contributed by atoms with Gasteiger partial charge in [-0.25, -0.2) is 0 Å². The molecule has 0 spiro atoms. The van der Waals surface area contributed by atoms with E-state index in [1.165, 1.54) is 0 Å². The molecule has 0 radical (unpaired) electrons. The summed E-state index contributed by atoms with van der Waals surface area (Å²) in [5, 5.41) is 0. The monoisotopic (exact) mass is 242 g/mol. The van der Waals surface area contributed by atoms with E-state index in [2.05, 4.69) is 0 Å². The van der Waals surface area contributed by atoms with Crippen LogP contribution in [0, 0.1) is 0 Å². The van der Waals surface area contributed by atoms with Crippen molar-refractivity contribution in [3.8, 4) is 0 Å². The molecule has 1 N–H and O–H groups in total. The summed E-state index contributed by atoms with van der Waals surface area (Å²) < 4.78 is 15.5. The summed E-state index contributed by atoms with van der Waals surface area (Å²) in [6.07, 6.45) is 0. The first-order chi connectivity index (χ1) is 5.10. The second-order valence-corrected chi connectivity index (χ2v) is 7.04. The molecular formula is C6H19CaO3PS. The first-order valence-electron chi connectivity index (χ1n) is 3.79. The first-order valence-corrected chi connectivity index (χ1v) is 7.11. The van der Waals surface area contributed by atoms with E-state index in [1.807, 2.05) is 20.8 Å². The molecule has 0 aromatic heterocycles. The van der Waals surface area contributed by atoms with Crippen LogP contribution < -0.4 is 0 Å². The van der Waals surface area contributed by atoms with Crippen LogP contribution in [0.2, 0.25) is 0 Å². The molecule has 0 heterocycles. The second-order valence-electron chi connectivity index (χ2n) is 2.18. The molecule has 6 heteroatoms. The van der Waals surface area contributed by atoms with E-state index in [4.69, 9.17) is 8.86 Å². The fourth-order valence-corrected chi connectivity index (χ4v) is 4.79. The SMILES string of the molecule is CCS(CC)(CC)O[PH](=O)O.[CaH2]. The van der Waals surface area contributed by atoms with Crippen LogP contribution in [0.25, 0.3) is 0 Å². The van der Waals surface area contributed by atoms with Gasteiger partial charge in [-0.2, -0.15) is 0 Å². The molecule has 0 aliphatic carbocycles. The van der Waals surface area contributed by atoms with Crippen molar-refractivity contribution in [1.29, 1.82) is 0 Å². The van der Waals surface area contributed by atoms with E-state index >= 15 is 0 Å². The Bertz CT molecular complexity index is 132. The maximum absolute atomic E-state index is 10.5. The van der Waals surface area contributed by atoms with Gasteiger partial charge in [0.2, 0.25) is 0 Å². The summed E-state index contributed by atoms with van der Waals surface area (Å²) >= 11 is 0. The molecule has 0 fully saturated rings. The predicted molar refractivity (Wildman–Crippen MR) is 60.1 cm³/mol. The van der Waals surface area contributed by atoms with Gasteiger partial charge >= 0.3 is 46.0 Å². The maximum atomic E-state index is 10.5. The number of hydrogen-bond donors (Lipinski definition) is 1. The molecule has 0 saturated heterocycles. The molecule has 0 rings (SSSR count). The molecule has 0 bridgehead atoms. The van der Waals surface area contributed by atoms with Crippen LogP contribution in [0.15, 0.2) is 0 Å². The van der Waals surface area contributed by atoms with Crippen LogP contribution in [-0.2, 0) is 8.54 Å². The number of hydrogen-bond acceptors (Lipinski definition) is 2. The zero-order valence-corrected chi connectivity index (χ0v) is 9.11. The Morgan fingerprint density at radius 2 is 1.58 bits per heavy atom. The van der Waals surface area contributed by atoms with Crippen molar-refractivity contribution in [2.24, 2.45) is 0 Å². The van der Waals surface area contributed by atoms with Crippen molar-refractivity contribution in [2.75, 3.05) is 17.3 Å². The van der Waals surface area contributed by atoms with Crippen molar-refractivity contribution in [3.05, 3.63) is 0 Å². The molecule has 3 nitrogen and oxygen atoms in total. The van der Waals surface area contributed by atoms with Gasteiger partial charge < -0.3 is 4.89 Å². The van der Waals surface area contributed by atoms with E-state index in [-0.39, 0.29) is 37.7 Å². The zero-order valence-electron chi connectivity index (χ0n) is 7.29. The fraction of sp³-hybridized carbons (Fsp3) is 1.00. The van der Waals surface area contributed by atoms with Gasteiger partial charge in [-0.3, -0.25) is 8.54 Å². The second kappa shape index (κ2) is 8.10. The van der Waals surface area contributed by atoms with Crippen molar-refractivity contribution in [3.63, 3.8) is 0 Å². The van der Waals surface area contributed by atoms with Gasteiger partial charge in [-0.15, -0.1) is 10.3 Å². The van der Waals surface area contributed by atoms with Crippen molar-refractivity contribution in [1.82, 2.24) is 0 Å². The van der Waals surface area contributed by atoms with E-state index in [0.717, 1.165) is 17.3 Å². The summed E-state index contributed by atoms with van der Waals surface area (Å²) in [4.78, 5) is 8.63. The third-order valence-electron chi connectivity index (χ3n) is 1.83. The normalized spacial score (nSPS) is 15.0. The van der Waals surface area contributed by atoms with Crippen LogP contribution >= 0.6 is 18.6 Å². The average Bonchev–Trinajstić information content (AvgIpc) is 2.00. The van der Waals surface area contributed by atoms with Gasteiger partial charge in [0.15, 0.2) is 0 Å². The van der Waals surface area contributed by atoms with E-state index in [1.54, 1.807) is 0 Å². The first kappa shape index (κ1) is 16.2. The molecular weight excluding hydrogens is 223 g/mol. The Balaban J connectivity index is 0. The van der Waals surface area contributed by atoms with Gasteiger partial charge in [0, 0.05) is 0 Å². The molecule has 0 aromatic carbocycles. The summed E-state index contributed by atoms with van der Waals surface area (Å²) in [6.45, 7) is 6.02. The standard InChI is InChI=1S/C6H17O3PS.Ca.2H/c1-4-11(5-2,6-3)9-10(7)8;;;/h10H,4-6H2,1-3H3,(H,7,8);;;. The average molecular weight is 242 g/mol. The van der Waals surface area contributed by atoms with Crippen LogP contribution in [0.4, 0.5) is 0 Å². The molecule has 1 unspecified atom stereocenters. The third-order valence-corrected chi connectivity index (χ3v) is 6.97. The van der Waals surface area contributed by atoms with E-state index < -0.39 is 18.6 Å². The Labute approximate surface area is 107 Å². The van der Waals surface area contributed by atoms with Crippen molar-refractivity contribution >= 4 is 56.3 Å². The molecule has 74 valence electrons. The van der Waals surface area contributed by atoms with Crippen LogP contribution in [0.1, 0.15) is 20.8 Å². The fourth-order valence-electron chi connectivity index (χ4n) is 0.940. The quantitative estimate of drug-likeness (QED) is 0.583. The molecule has 0 amide bonds. The van der Waals surface area contributed by atoms with Gasteiger partial charge in [0.05, 0.1) is 0 Å². The topological polar surface area (TPSA) is 46.5 Å². The van der Waals surface area contributed by atoms with E-state index in [0.29, 0.717) is 0 Å². The van der Waals surface area contributed by atoms with Gasteiger partial charge in [0.1, 0.15) is 0 Å². The van der Waals surface area contributed by atoms with E-state index in [9.17, 15) is 4.57 Å². The Hall–Kier alpha value is 1.76. The van der Waals surface area contributed by atoms with Crippen LogP contribution in [0.5, 0.6) is 0 Å². The molecule has 0 aromatic rings. The Kier molecular flexibility index (Phi) is 10.9. The molecule has 0 aliphatic rings. The van der Waals surface area contributed by atoms with Crippen LogP contribution in [0.3, 0.4) is 0 Å². The van der Waals surface area contributed by atoms with Crippen molar-refractivity contribution in [2.45, 2.75) is 20.8 Å². The third kappa shape index (κ3) is 5.48. The van der Waals surface area contributed by atoms with Gasteiger partial charge in [-0.1, -0.05) is 20.8 Å². The van der Waals surface area contributed by atoms with Crippen molar-refractivity contribution < 1.29 is 13.4 Å².